The van der Waals surface area contributed by atoms with Crippen LogP contribution in [0.1, 0.15) is 11.3 Å². The van der Waals surface area contributed by atoms with Gasteiger partial charge in [-0.05, 0) is 34.9 Å². The molecular weight excluding hydrogens is 314 g/mol. The molecule has 0 aliphatic carbocycles. The molecule has 1 aromatic heterocycles. The molecule has 0 radical (unpaired) electrons. The Bertz CT molecular complexity index is 922. The summed E-state index contributed by atoms with van der Waals surface area (Å²) in [7, 11) is 0. The molecular formula is C20H17N3O2. The standard InChI is InChI=1S/C20H17N3O2/c24-23(25)16-8-6-14(7-9-16)17-12-20(15-4-2-1-3-5-15)22-19-10-11-21-13-18(17)19/h1-9,12,21H,10-11,13H2. The Morgan fingerprint density at radius 3 is 2.48 bits per heavy atom. The maximum atomic E-state index is 10.9. The first-order valence-electron chi connectivity index (χ1n) is 8.26. The van der Waals surface area contributed by atoms with Crippen LogP contribution in [0.3, 0.4) is 0 Å². The van der Waals surface area contributed by atoms with Crippen LogP contribution < -0.4 is 5.32 Å². The highest BCUT2D eigenvalue weighted by Gasteiger charge is 2.18. The molecule has 0 saturated heterocycles. The van der Waals surface area contributed by atoms with Gasteiger partial charge in [-0.25, -0.2) is 0 Å². The number of nitrogens with one attached hydrogen (secondary N) is 1. The summed E-state index contributed by atoms with van der Waals surface area (Å²) in [6.07, 6.45) is 0.885. The molecule has 1 N–H and O–H groups in total. The van der Waals surface area contributed by atoms with Crippen molar-refractivity contribution >= 4 is 5.69 Å². The van der Waals surface area contributed by atoms with Crippen LogP contribution in [-0.2, 0) is 13.0 Å². The van der Waals surface area contributed by atoms with Crippen LogP contribution >= 0.6 is 0 Å². The predicted octanol–water partition coefficient (Wildman–Crippen LogP) is 3.97. The van der Waals surface area contributed by atoms with Gasteiger partial charge in [0, 0.05) is 42.9 Å². The number of benzene rings is 2. The molecule has 0 unspecified atom stereocenters. The lowest BCUT2D eigenvalue weighted by Gasteiger charge is -2.21. The second-order valence-corrected chi connectivity index (χ2v) is 6.08. The summed E-state index contributed by atoms with van der Waals surface area (Å²) in [6.45, 7) is 1.68. The summed E-state index contributed by atoms with van der Waals surface area (Å²) in [6, 6.07) is 18.9. The highest BCUT2D eigenvalue weighted by Crippen LogP contribution is 2.32. The van der Waals surface area contributed by atoms with Gasteiger partial charge in [-0.3, -0.25) is 15.1 Å². The van der Waals surface area contributed by atoms with E-state index in [0.29, 0.717) is 0 Å². The van der Waals surface area contributed by atoms with E-state index in [0.717, 1.165) is 47.6 Å². The first-order chi connectivity index (χ1) is 12.2. The minimum absolute atomic E-state index is 0.105. The van der Waals surface area contributed by atoms with Crippen molar-refractivity contribution < 1.29 is 4.92 Å². The van der Waals surface area contributed by atoms with Gasteiger partial charge in [-0.1, -0.05) is 30.3 Å². The molecule has 1 aliphatic rings. The molecule has 0 bridgehead atoms. The van der Waals surface area contributed by atoms with Crippen molar-refractivity contribution in [2.45, 2.75) is 13.0 Å². The molecule has 124 valence electrons. The number of nitrogens with zero attached hydrogens (tertiary/aromatic N) is 2. The third kappa shape index (κ3) is 3.02. The molecule has 0 spiro atoms. The Morgan fingerprint density at radius 1 is 1.00 bits per heavy atom. The van der Waals surface area contributed by atoms with Crippen LogP contribution in [0.25, 0.3) is 22.4 Å². The van der Waals surface area contributed by atoms with Crippen LogP contribution in [-0.4, -0.2) is 16.5 Å². The molecule has 2 heterocycles. The van der Waals surface area contributed by atoms with Crippen molar-refractivity contribution in [1.82, 2.24) is 10.3 Å². The molecule has 4 rings (SSSR count). The molecule has 5 nitrogen and oxygen atoms in total. The Morgan fingerprint density at radius 2 is 1.76 bits per heavy atom. The number of pyridine rings is 1. The van der Waals surface area contributed by atoms with Gasteiger partial charge >= 0.3 is 0 Å². The van der Waals surface area contributed by atoms with Gasteiger partial charge in [0.1, 0.15) is 0 Å². The average molecular weight is 331 g/mol. The van der Waals surface area contributed by atoms with Gasteiger partial charge in [0.15, 0.2) is 0 Å². The number of fused-ring (bicyclic) bond motifs is 1. The number of hydrogen-bond acceptors (Lipinski definition) is 4. The normalized spacial score (nSPS) is 13.3. The molecule has 0 amide bonds. The van der Waals surface area contributed by atoms with Crippen molar-refractivity contribution in [3.05, 3.63) is 82.0 Å². The van der Waals surface area contributed by atoms with Crippen LogP contribution in [0.4, 0.5) is 5.69 Å². The zero-order valence-corrected chi connectivity index (χ0v) is 13.6. The van der Waals surface area contributed by atoms with E-state index in [1.54, 1.807) is 12.1 Å². The lowest BCUT2D eigenvalue weighted by molar-refractivity contribution is -0.384. The SMILES string of the molecule is O=[N+]([O-])c1ccc(-c2cc(-c3ccccc3)nc3c2CNCC3)cc1. The van der Waals surface area contributed by atoms with Gasteiger partial charge in [0.2, 0.25) is 0 Å². The fraction of sp³-hybridized carbons (Fsp3) is 0.150. The zero-order valence-electron chi connectivity index (χ0n) is 13.6. The number of non-ortho nitro benzene ring substituents is 1. The topological polar surface area (TPSA) is 68.1 Å². The molecule has 0 atom stereocenters. The van der Waals surface area contributed by atoms with Gasteiger partial charge in [-0.15, -0.1) is 0 Å². The fourth-order valence-corrected chi connectivity index (χ4v) is 3.23. The summed E-state index contributed by atoms with van der Waals surface area (Å²) >= 11 is 0. The van der Waals surface area contributed by atoms with Gasteiger partial charge in [0.05, 0.1) is 10.6 Å². The zero-order chi connectivity index (χ0) is 17.2. The smallest absolute Gasteiger partial charge is 0.269 e. The van der Waals surface area contributed by atoms with E-state index < -0.39 is 0 Å². The first kappa shape index (κ1) is 15.5. The van der Waals surface area contributed by atoms with Crippen molar-refractivity contribution in [3.63, 3.8) is 0 Å². The quantitative estimate of drug-likeness (QED) is 0.582. The third-order valence-corrected chi connectivity index (χ3v) is 4.51. The van der Waals surface area contributed by atoms with Crippen LogP contribution in [0.2, 0.25) is 0 Å². The number of nitro benzene ring substituents is 1. The molecule has 0 fully saturated rings. The van der Waals surface area contributed by atoms with Crippen molar-refractivity contribution in [2.24, 2.45) is 0 Å². The first-order valence-corrected chi connectivity index (χ1v) is 8.26. The minimum atomic E-state index is -0.372. The van der Waals surface area contributed by atoms with E-state index in [1.807, 2.05) is 30.3 Å². The summed E-state index contributed by atoms with van der Waals surface area (Å²) < 4.78 is 0. The highest BCUT2D eigenvalue weighted by atomic mass is 16.6. The largest absolute Gasteiger partial charge is 0.312 e. The highest BCUT2D eigenvalue weighted by molar-refractivity contribution is 5.75. The molecule has 3 aromatic rings. The summed E-state index contributed by atoms with van der Waals surface area (Å²) in [5.41, 5.74) is 6.47. The Hall–Kier alpha value is -3.05. The van der Waals surface area contributed by atoms with E-state index in [9.17, 15) is 10.1 Å². The second kappa shape index (κ2) is 6.45. The average Bonchev–Trinajstić information content (AvgIpc) is 2.68. The lowest BCUT2D eigenvalue weighted by atomic mass is 9.93. The van der Waals surface area contributed by atoms with E-state index >= 15 is 0 Å². The second-order valence-electron chi connectivity index (χ2n) is 6.08. The van der Waals surface area contributed by atoms with Crippen molar-refractivity contribution in [2.75, 3.05) is 6.54 Å². The van der Waals surface area contributed by atoms with Crippen molar-refractivity contribution in [1.29, 1.82) is 0 Å². The van der Waals surface area contributed by atoms with Gasteiger partial charge < -0.3 is 5.32 Å². The summed E-state index contributed by atoms with van der Waals surface area (Å²) in [5.74, 6) is 0. The molecule has 25 heavy (non-hydrogen) atoms. The number of nitro groups is 1. The van der Waals surface area contributed by atoms with E-state index in [-0.39, 0.29) is 10.6 Å². The Labute approximate surface area is 145 Å². The summed E-state index contributed by atoms with van der Waals surface area (Å²) in [4.78, 5) is 15.4. The third-order valence-electron chi connectivity index (χ3n) is 4.51. The van der Waals surface area contributed by atoms with E-state index in [1.165, 1.54) is 5.56 Å². The number of aromatic nitrogens is 1. The molecule has 0 saturated carbocycles. The van der Waals surface area contributed by atoms with Gasteiger partial charge in [-0.2, -0.15) is 0 Å². The fourth-order valence-electron chi connectivity index (χ4n) is 3.23. The monoisotopic (exact) mass is 331 g/mol. The summed E-state index contributed by atoms with van der Waals surface area (Å²) in [5, 5.41) is 14.3. The number of rotatable bonds is 3. The Kier molecular flexibility index (Phi) is 3.99. The van der Waals surface area contributed by atoms with Crippen LogP contribution in [0.15, 0.2) is 60.7 Å². The maximum absolute atomic E-state index is 10.9. The van der Waals surface area contributed by atoms with E-state index in [2.05, 4.69) is 23.5 Å². The molecule has 5 heteroatoms. The van der Waals surface area contributed by atoms with Crippen LogP contribution in [0, 0.1) is 10.1 Å². The maximum Gasteiger partial charge on any atom is 0.269 e. The van der Waals surface area contributed by atoms with Gasteiger partial charge in [0.25, 0.3) is 5.69 Å². The van der Waals surface area contributed by atoms with Crippen LogP contribution in [0.5, 0.6) is 0 Å². The number of hydrogen-bond donors (Lipinski definition) is 1. The van der Waals surface area contributed by atoms with Crippen molar-refractivity contribution in [3.8, 4) is 22.4 Å². The minimum Gasteiger partial charge on any atom is -0.312 e. The lowest BCUT2D eigenvalue weighted by Crippen LogP contribution is -2.25. The molecule has 1 aliphatic heterocycles. The predicted molar refractivity (Wildman–Crippen MR) is 97.2 cm³/mol. The van der Waals surface area contributed by atoms with E-state index in [4.69, 9.17) is 4.98 Å². The Balaban J connectivity index is 1.86. The molecule has 2 aromatic carbocycles.